The lowest BCUT2D eigenvalue weighted by Gasteiger charge is -2.31. The second kappa shape index (κ2) is 7.73. The fourth-order valence-electron chi connectivity index (χ4n) is 2.86. The molecule has 0 bridgehead atoms. The minimum atomic E-state index is -3.02. The predicted octanol–water partition coefficient (Wildman–Crippen LogP) is 2.08. The van der Waals surface area contributed by atoms with Crippen LogP contribution in [-0.2, 0) is 14.6 Å². The summed E-state index contributed by atoms with van der Waals surface area (Å²) in [5.41, 5.74) is 0.675. The Kier molecular flexibility index (Phi) is 5.93. The summed E-state index contributed by atoms with van der Waals surface area (Å²) in [6.45, 7) is 0.979. The lowest BCUT2D eigenvalue weighted by Crippen LogP contribution is -2.42. The fraction of sp³-hybridized carbons (Fsp3) is 0.529. The first-order chi connectivity index (χ1) is 10.9. The number of hydrogen-bond acceptors (Lipinski definition) is 4. The van der Waals surface area contributed by atoms with Gasteiger partial charge in [0.15, 0.2) is 5.78 Å². The van der Waals surface area contributed by atoms with Crippen LogP contribution in [0.5, 0.6) is 0 Å². The lowest BCUT2D eigenvalue weighted by molar-refractivity contribution is -0.132. The minimum absolute atomic E-state index is 0.0119. The predicted molar refractivity (Wildman–Crippen MR) is 89.1 cm³/mol. The maximum absolute atomic E-state index is 12.1. The number of rotatable bonds is 6. The first kappa shape index (κ1) is 17.7. The highest BCUT2D eigenvalue weighted by Crippen LogP contribution is 2.18. The van der Waals surface area contributed by atoms with Gasteiger partial charge in [-0.15, -0.1) is 0 Å². The Balaban J connectivity index is 1.73. The molecule has 1 fully saturated rings. The number of hydrogen-bond donors (Lipinski definition) is 0. The zero-order valence-corrected chi connectivity index (χ0v) is 14.2. The van der Waals surface area contributed by atoms with Crippen molar-refractivity contribution in [3.05, 3.63) is 35.9 Å². The van der Waals surface area contributed by atoms with Gasteiger partial charge >= 0.3 is 0 Å². The summed E-state index contributed by atoms with van der Waals surface area (Å²) >= 11 is 0. The van der Waals surface area contributed by atoms with E-state index < -0.39 is 9.84 Å². The molecule has 1 aliphatic rings. The van der Waals surface area contributed by atoms with Crippen LogP contribution < -0.4 is 0 Å². The summed E-state index contributed by atoms with van der Waals surface area (Å²) < 4.78 is 23.0. The number of ketones is 1. The normalized spacial score (nSPS) is 16.3. The Morgan fingerprint density at radius 3 is 2.26 bits per heavy atom. The number of carbonyl (C=O) groups is 2. The van der Waals surface area contributed by atoms with Crippen molar-refractivity contribution in [2.75, 3.05) is 19.3 Å². The van der Waals surface area contributed by atoms with Crippen LogP contribution in [0, 0.1) is 0 Å². The number of sulfone groups is 1. The van der Waals surface area contributed by atoms with Crippen LogP contribution in [-0.4, -0.2) is 49.6 Å². The van der Waals surface area contributed by atoms with E-state index in [2.05, 4.69) is 0 Å². The van der Waals surface area contributed by atoms with Gasteiger partial charge in [0.1, 0.15) is 9.84 Å². The second-order valence-corrected chi connectivity index (χ2v) is 8.38. The molecule has 1 saturated heterocycles. The molecular weight excluding hydrogens is 314 g/mol. The number of nitrogens with zero attached hydrogens (tertiary/aromatic N) is 1. The van der Waals surface area contributed by atoms with Crippen molar-refractivity contribution >= 4 is 21.5 Å². The number of piperidine rings is 1. The first-order valence-corrected chi connectivity index (χ1v) is 9.88. The van der Waals surface area contributed by atoms with Crippen molar-refractivity contribution < 1.29 is 18.0 Å². The molecule has 0 aliphatic carbocycles. The van der Waals surface area contributed by atoms with Crippen LogP contribution in [0.2, 0.25) is 0 Å². The van der Waals surface area contributed by atoms with Crippen molar-refractivity contribution in [3.63, 3.8) is 0 Å². The monoisotopic (exact) mass is 337 g/mol. The molecule has 23 heavy (non-hydrogen) atoms. The van der Waals surface area contributed by atoms with Gasteiger partial charge in [0, 0.05) is 37.8 Å². The van der Waals surface area contributed by atoms with Gasteiger partial charge < -0.3 is 4.90 Å². The topological polar surface area (TPSA) is 71.5 Å². The van der Waals surface area contributed by atoms with Gasteiger partial charge in [-0.05, 0) is 19.3 Å². The molecule has 0 N–H and O–H groups in total. The third-order valence-corrected chi connectivity index (χ3v) is 5.97. The summed E-state index contributed by atoms with van der Waals surface area (Å²) in [5, 5.41) is -0.328. The number of benzene rings is 1. The highest BCUT2D eigenvalue weighted by Gasteiger charge is 2.28. The zero-order chi connectivity index (χ0) is 16.9. The average Bonchev–Trinajstić information content (AvgIpc) is 2.54. The number of likely N-dealkylation sites (tertiary alicyclic amines) is 1. The molecule has 2 rings (SSSR count). The van der Waals surface area contributed by atoms with Gasteiger partial charge in [0.05, 0.1) is 5.25 Å². The van der Waals surface area contributed by atoms with Crippen LogP contribution in [0.25, 0.3) is 0 Å². The quantitative estimate of drug-likeness (QED) is 0.745. The van der Waals surface area contributed by atoms with Crippen molar-refractivity contribution in [1.29, 1.82) is 0 Å². The summed E-state index contributed by atoms with van der Waals surface area (Å²) in [4.78, 5) is 25.8. The van der Waals surface area contributed by atoms with E-state index in [0.717, 1.165) is 0 Å². The van der Waals surface area contributed by atoms with Gasteiger partial charge in [0.25, 0.3) is 0 Å². The molecule has 1 aromatic carbocycles. The number of carbonyl (C=O) groups excluding carboxylic acids is 2. The maximum Gasteiger partial charge on any atom is 0.222 e. The van der Waals surface area contributed by atoms with Gasteiger partial charge in [-0.1, -0.05) is 30.3 Å². The van der Waals surface area contributed by atoms with Crippen molar-refractivity contribution in [1.82, 2.24) is 4.90 Å². The molecule has 0 unspecified atom stereocenters. The van der Waals surface area contributed by atoms with Crippen LogP contribution in [0.4, 0.5) is 0 Å². The Labute approximate surface area is 137 Å². The van der Waals surface area contributed by atoms with E-state index in [1.54, 1.807) is 17.0 Å². The Bertz CT molecular complexity index is 646. The number of Topliss-reactive ketones (excluding diaryl/α,β-unsaturated/α-hetero) is 1. The number of amides is 1. The first-order valence-electron chi connectivity index (χ1n) is 7.93. The van der Waals surface area contributed by atoms with E-state index in [1.807, 2.05) is 18.2 Å². The van der Waals surface area contributed by atoms with Crippen molar-refractivity contribution in [2.45, 2.75) is 37.4 Å². The third kappa shape index (κ3) is 5.16. The van der Waals surface area contributed by atoms with Gasteiger partial charge in [-0.2, -0.15) is 0 Å². The molecule has 0 saturated carbocycles. The minimum Gasteiger partial charge on any atom is -0.343 e. The van der Waals surface area contributed by atoms with Gasteiger partial charge in [-0.25, -0.2) is 8.42 Å². The molecule has 0 radical (unpaired) electrons. The summed E-state index contributed by atoms with van der Waals surface area (Å²) in [5.74, 6) is 0.0620. The largest absolute Gasteiger partial charge is 0.343 e. The van der Waals surface area contributed by atoms with Crippen LogP contribution in [0.1, 0.15) is 42.5 Å². The molecule has 5 nitrogen and oxygen atoms in total. The molecule has 0 atom stereocenters. The zero-order valence-electron chi connectivity index (χ0n) is 13.4. The average molecular weight is 337 g/mol. The molecule has 126 valence electrons. The second-order valence-electron chi connectivity index (χ2n) is 6.05. The van der Waals surface area contributed by atoms with E-state index >= 15 is 0 Å². The summed E-state index contributed by atoms with van der Waals surface area (Å²) in [6.07, 6.45) is 3.49. The van der Waals surface area contributed by atoms with Gasteiger partial charge in [0.2, 0.25) is 5.91 Å². The molecule has 1 aliphatic heterocycles. The Morgan fingerprint density at radius 2 is 1.70 bits per heavy atom. The SMILES string of the molecule is CS(=O)(=O)C1CCN(C(=O)CCCC(=O)c2ccccc2)CC1. The highest BCUT2D eigenvalue weighted by atomic mass is 32.2. The summed E-state index contributed by atoms with van der Waals surface area (Å²) in [7, 11) is -3.02. The standard InChI is InChI=1S/C17H23NO4S/c1-23(21,22)15-10-12-18(13-11-15)17(20)9-5-8-16(19)14-6-3-2-4-7-14/h2-4,6-7,15H,5,8-13H2,1H3. The maximum atomic E-state index is 12.1. The molecule has 0 aromatic heterocycles. The van der Waals surface area contributed by atoms with E-state index in [4.69, 9.17) is 0 Å². The highest BCUT2D eigenvalue weighted by molar-refractivity contribution is 7.91. The van der Waals surface area contributed by atoms with E-state index in [1.165, 1.54) is 6.26 Å². The van der Waals surface area contributed by atoms with Gasteiger partial charge in [-0.3, -0.25) is 9.59 Å². The van der Waals surface area contributed by atoms with Crippen LogP contribution >= 0.6 is 0 Å². The Morgan fingerprint density at radius 1 is 1.09 bits per heavy atom. The smallest absolute Gasteiger partial charge is 0.222 e. The summed E-state index contributed by atoms with van der Waals surface area (Å²) in [6, 6.07) is 9.06. The molecular formula is C17H23NO4S. The molecule has 1 amide bonds. The molecule has 1 aromatic rings. The van der Waals surface area contributed by atoms with Crippen LogP contribution in [0.15, 0.2) is 30.3 Å². The van der Waals surface area contributed by atoms with E-state index in [-0.39, 0.29) is 16.9 Å². The van der Waals surface area contributed by atoms with E-state index in [9.17, 15) is 18.0 Å². The fourth-order valence-corrected chi connectivity index (χ4v) is 3.93. The Hall–Kier alpha value is -1.69. The molecule has 0 spiro atoms. The van der Waals surface area contributed by atoms with Crippen LogP contribution in [0.3, 0.4) is 0 Å². The third-order valence-electron chi connectivity index (χ3n) is 4.29. The van der Waals surface area contributed by atoms with Crippen molar-refractivity contribution in [3.8, 4) is 0 Å². The lowest BCUT2D eigenvalue weighted by atomic mass is 10.0. The van der Waals surface area contributed by atoms with Crippen molar-refractivity contribution in [2.24, 2.45) is 0 Å². The molecule has 1 heterocycles. The van der Waals surface area contributed by atoms with E-state index in [0.29, 0.717) is 50.8 Å². The molecule has 6 heteroatoms.